The molecule has 3 atom stereocenters. The molecule has 0 spiro atoms. The summed E-state index contributed by atoms with van der Waals surface area (Å²) >= 11 is 0. The summed E-state index contributed by atoms with van der Waals surface area (Å²) in [6, 6.07) is 12.2. The molecule has 3 amide bonds. The highest BCUT2D eigenvalue weighted by Gasteiger charge is 2.35. The smallest absolute Gasteiger partial charge is 0.307 e. The molecule has 3 aromatic rings. The lowest BCUT2D eigenvalue weighted by Gasteiger charge is -2.20. The van der Waals surface area contributed by atoms with Gasteiger partial charge < -0.3 is 53.0 Å². The Balaban J connectivity index is 0.954. The third kappa shape index (κ3) is 12.5. The van der Waals surface area contributed by atoms with E-state index in [0.717, 1.165) is 27.8 Å². The molecule has 1 N–H and O–H groups in total. The van der Waals surface area contributed by atoms with Crippen molar-refractivity contribution >= 4 is 47.5 Å². The second kappa shape index (κ2) is 22.8. The van der Waals surface area contributed by atoms with Crippen LogP contribution in [-0.2, 0) is 41.8 Å². The molecule has 2 saturated heterocycles. The Morgan fingerprint density at radius 2 is 1.27 bits per heavy atom. The summed E-state index contributed by atoms with van der Waals surface area (Å²) in [5, 5.41) is 2.76. The Bertz CT molecular complexity index is 2420. The Morgan fingerprint density at radius 1 is 0.716 bits per heavy atom. The van der Waals surface area contributed by atoms with Gasteiger partial charge in [0.25, 0.3) is 11.8 Å². The molecule has 67 heavy (non-hydrogen) atoms. The van der Waals surface area contributed by atoms with E-state index in [-0.39, 0.29) is 94.5 Å². The predicted octanol–water partition coefficient (Wildman–Crippen LogP) is 6.02. The van der Waals surface area contributed by atoms with E-state index in [4.69, 9.17) is 33.2 Å². The predicted molar refractivity (Wildman–Crippen MR) is 250 cm³/mol. The molecule has 0 aromatic heterocycles. The van der Waals surface area contributed by atoms with Gasteiger partial charge in [-0.2, -0.15) is 0 Å². The maximum absolute atomic E-state index is 13.5. The number of rotatable bonds is 23. The number of nitrogens with zero attached hydrogens (tertiary/aromatic N) is 4. The zero-order chi connectivity index (χ0) is 47.5. The van der Waals surface area contributed by atoms with E-state index >= 15 is 0 Å². The Hall–Kier alpha value is -6.56. The highest BCUT2D eigenvalue weighted by atomic mass is 16.6. The molecule has 0 aliphatic carbocycles. The highest BCUT2D eigenvalue weighted by Crippen LogP contribution is 2.39. The van der Waals surface area contributed by atoms with E-state index in [1.54, 1.807) is 23.2 Å². The molecule has 4 heterocycles. The number of hydrogen-bond acceptors (Lipinski definition) is 14. The van der Waals surface area contributed by atoms with Crippen LogP contribution in [-0.4, -0.2) is 138 Å². The van der Waals surface area contributed by atoms with Crippen LogP contribution in [0, 0.1) is 6.92 Å². The fourth-order valence-corrected chi connectivity index (χ4v) is 8.20. The first kappa shape index (κ1) is 48.4. The molecular formula is C50H59N5O12. The van der Waals surface area contributed by atoms with E-state index in [1.165, 1.54) is 14.2 Å². The van der Waals surface area contributed by atoms with Crippen LogP contribution in [0.1, 0.15) is 70.0 Å². The summed E-state index contributed by atoms with van der Waals surface area (Å²) in [6.07, 6.45) is 5.67. The van der Waals surface area contributed by atoms with Gasteiger partial charge in [0.2, 0.25) is 5.91 Å². The van der Waals surface area contributed by atoms with Crippen molar-refractivity contribution in [2.75, 3.05) is 73.6 Å². The number of aliphatic imine (C=N–C) groups is 2. The van der Waals surface area contributed by atoms with Gasteiger partial charge in [0.05, 0.1) is 88.3 Å². The number of benzene rings is 3. The van der Waals surface area contributed by atoms with Gasteiger partial charge in [-0.15, -0.1) is 0 Å². The average Bonchev–Trinajstić information content (AvgIpc) is 3.83. The fraction of sp³-hybridized carbons (Fsp3) is 0.440. The van der Waals surface area contributed by atoms with Crippen molar-refractivity contribution in [2.24, 2.45) is 9.98 Å². The van der Waals surface area contributed by atoms with Gasteiger partial charge in [-0.1, -0.05) is 31.2 Å². The zero-order valence-electron chi connectivity index (χ0n) is 38.6. The van der Waals surface area contributed by atoms with Crippen LogP contribution < -0.4 is 24.3 Å². The molecule has 17 heteroatoms. The third-order valence-corrected chi connectivity index (χ3v) is 11.7. The number of carbonyl (C=O) groups is 4. The number of fused-ring (bicyclic) bond motifs is 4. The SMILES string of the molecule is C=C1C[C@H]2C=Nc3cc(OCc4cc(COc5cc6c(cc5OC)C(=O)N5CC(=C)C[C@H]5C=N6)cc(OCCOCCOCCOCC(=O)NC(CC)CC(=O)OC)c4)c(C)cc3C(=O)N2C1. The van der Waals surface area contributed by atoms with Crippen LogP contribution in [0.3, 0.4) is 0 Å². The minimum absolute atomic E-state index is 0.0720. The summed E-state index contributed by atoms with van der Waals surface area (Å²) in [6.45, 7) is 14.7. The Kier molecular flexibility index (Phi) is 16.4. The number of esters is 1. The van der Waals surface area contributed by atoms with Gasteiger partial charge in [-0.25, -0.2) is 0 Å². The fourth-order valence-electron chi connectivity index (χ4n) is 8.20. The largest absolute Gasteiger partial charge is 0.493 e. The number of hydrogen-bond donors (Lipinski definition) is 1. The first-order valence-electron chi connectivity index (χ1n) is 22.4. The molecule has 2 fully saturated rings. The lowest BCUT2D eigenvalue weighted by Crippen LogP contribution is -2.38. The standard InChI is InChI=1S/C50H59N5O12/c1-7-36(20-48(57)61-6)53-47(56)30-64-11-10-62-8-9-63-12-13-65-39-18-34(28-66-44-22-42-40(16-33(44)4)49(58)54-26-31(2)14-37(54)24-51-42)17-35(19-39)29-67-46-23-43-41(21-45(46)60-5)50(59)55-27-32(3)15-38(55)25-52-43/h16-19,21-25,36-38H,2-3,7-15,20,26-30H2,1,4-6H3,(H,53,56)/t36?,37-,38-/m0/s1. The van der Waals surface area contributed by atoms with Gasteiger partial charge in [0.15, 0.2) is 11.5 Å². The molecular weight excluding hydrogens is 863 g/mol. The van der Waals surface area contributed by atoms with Crippen molar-refractivity contribution in [3.8, 4) is 23.0 Å². The monoisotopic (exact) mass is 921 g/mol. The van der Waals surface area contributed by atoms with Crippen molar-refractivity contribution in [1.82, 2.24) is 15.1 Å². The number of aryl methyl sites for hydroxylation is 1. The summed E-state index contributed by atoms with van der Waals surface area (Å²) in [7, 11) is 2.84. The lowest BCUT2D eigenvalue weighted by atomic mass is 10.1. The molecule has 0 radical (unpaired) electrons. The summed E-state index contributed by atoms with van der Waals surface area (Å²) < 4.78 is 46.0. The average molecular weight is 922 g/mol. The summed E-state index contributed by atoms with van der Waals surface area (Å²) in [5.41, 5.74) is 6.39. The van der Waals surface area contributed by atoms with Crippen LogP contribution in [0.5, 0.6) is 23.0 Å². The summed E-state index contributed by atoms with van der Waals surface area (Å²) in [4.78, 5) is 63.6. The lowest BCUT2D eigenvalue weighted by molar-refractivity contribution is -0.141. The number of carbonyl (C=O) groups excluding carboxylic acids is 4. The van der Waals surface area contributed by atoms with Crippen LogP contribution in [0.25, 0.3) is 0 Å². The normalized spacial score (nSPS) is 17.6. The number of nitrogens with one attached hydrogen (secondary N) is 1. The molecule has 3 aromatic carbocycles. The van der Waals surface area contributed by atoms with Crippen molar-refractivity contribution in [2.45, 2.75) is 70.9 Å². The van der Waals surface area contributed by atoms with E-state index in [2.05, 4.69) is 33.2 Å². The summed E-state index contributed by atoms with van der Waals surface area (Å²) in [5.74, 6) is 1.08. The quantitative estimate of drug-likeness (QED) is 0.0664. The van der Waals surface area contributed by atoms with Gasteiger partial charge in [0, 0.05) is 43.7 Å². The van der Waals surface area contributed by atoms with Gasteiger partial charge in [-0.05, 0) is 73.2 Å². The second-order valence-corrected chi connectivity index (χ2v) is 16.8. The maximum atomic E-state index is 13.5. The van der Waals surface area contributed by atoms with Crippen LogP contribution in [0.15, 0.2) is 76.8 Å². The molecule has 4 aliphatic rings. The molecule has 4 aliphatic heterocycles. The molecule has 0 saturated carbocycles. The van der Waals surface area contributed by atoms with E-state index in [1.807, 2.05) is 55.3 Å². The first-order valence-corrected chi connectivity index (χ1v) is 22.4. The maximum Gasteiger partial charge on any atom is 0.307 e. The molecule has 7 rings (SSSR count). The third-order valence-electron chi connectivity index (χ3n) is 11.7. The van der Waals surface area contributed by atoms with E-state index in [9.17, 15) is 19.2 Å². The number of methoxy groups -OCH3 is 2. The van der Waals surface area contributed by atoms with Crippen molar-refractivity contribution in [3.05, 3.63) is 94.6 Å². The van der Waals surface area contributed by atoms with Crippen molar-refractivity contribution in [1.29, 1.82) is 0 Å². The van der Waals surface area contributed by atoms with Gasteiger partial charge in [0.1, 0.15) is 37.9 Å². The van der Waals surface area contributed by atoms with Crippen LogP contribution in [0.2, 0.25) is 0 Å². The molecule has 0 bridgehead atoms. The molecule has 356 valence electrons. The van der Waals surface area contributed by atoms with Crippen molar-refractivity contribution < 1.29 is 57.1 Å². The highest BCUT2D eigenvalue weighted by molar-refractivity contribution is 6.04. The number of ether oxygens (including phenoxy) is 8. The van der Waals surface area contributed by atoms with Crippen LogP contribution >= 0.6 is 0 Å². The molecule has 17 nitrogen and oxygen atoms in total. The topological polar surface area (TPSA) is 185 Å². The van der Waals surface area contributed by atoms with Gasteiger partial charge >= 0.3 is 5.97 Å². The Labute approximate surface area is 390 Å². The molecule has 1 unspecified atom stereocenters. The van der Waals surface area contributed by atoms with Crippen LogP contribution in [0.4, 0.5) is 11.4 Å². The Morgan fingerprint density at radius 3 is 1.85 bits per heavy atom. The number of amides is 3. The van der Waals surface area contributed by atoms with E-state index in [0.29, 0.717) is 91.1 Å². The minimum Gasteiger partial charge on any atom is -0.493 e. The van der Waals surface area contributed by atoms with Gasteiger partial charge in [-0.3, -0.25) is 29.2 Å². The zero-order valence-corrected chi connectivity index (χ0v) is 38.6. The van der Waals surface area contributed by atoms with E-state index < -0.39 is 0 Å². The second-order valence-electron chi connectivity index (χ2n) is 16.8. The minimum atomic E-state index is -0.386. The first-order chi connectivity index (χ1) is 32.4. The van der Waals surface area contributed by atoms with Crippen molar-refractivity contribution in [3.63, 3.8) is 0 Å².